The molecule has 2 aromatic rings. The summed E-state index contributed by atoms with van der Waals surface area (Å²) in [6, 6.07) is 8.80. The van der Waals surface area contributed by atoms with Gasteiger partial charge in [-0.2, -0.15) is 10.2 Å². The lowest BCUT2D eigenvalue weighted by Crippen LogP contribution is -2.20. The van der Waals surface area contributed by atoms with E-state index in [1.165, 1.54) is 50.3 Å². The molecule has 100 valence electrons. The van der Waals surface area contributed by atoms with Crippen LogP contribution < -0.4 is 5.32 Å². The van der Waals surface area contributed by atoms with Crippen molar-refractivity contribution >= 4 is 16.6 Å². The van der Waals surface area contributed by atoms with Gasteiger partial charge in [-0.1, -0.05) is 50.3 Å². The van der Waals surface area contributed by atoms with Crippen LogP contribution in [0.1, 0.15) is 44.9 Å². The maximum absolute atomic E-state index is 4.18. The Labute approximate surface area is 114 Å². The Morgan fingerprint density at radius 1 is 0.947 bits per heavy atom. The molecule has 3 nitrogen and oxygen atoms in total. The Morgan fingerprint density at radius 3 is 2.53 bits per heavy atom. The van der Waals surface area contributed by atoms with Crippen molar-refractivity contribution in [3.8, 4) is 0 Å². The Kier molecular flexibility index (Phi) is 3.92. The van der Waals surface area contributed by atoms with Crippen LogP contribution in [0, 0.1) is 0 Å². The summed E-state index contributed by atoms with van der Waals surface area (Å²) in [6.45, 7) is 0. The topological polar surface area (TPSA) is 37.8 Å². The monoisotopic (exact) mass is 255 g/mol. The van der Waals surface area contributed by atoms with Crippen molar-refractivity contribution in [2.24, 2.45) is 0 Å². The highest BCUT2D eigenvalue weighted by Crippen LogP contribution is 2.24. The quantitative estimate of drug-likeness (QED) is 0.875. The van der Waals surface area contributed by atoms with Crippen molar-refractivity contribution in [3.63, 3.8) is 0 Å². The molecule has 1 aromatic heterocycles. The fourth-order valence-corrected chi connectivity index (χ4v) is 2.94. The molecule has 19 heavy (non-hydrogen) atoms. The van der Waals surface area contributed by atoms with E-state index in [1.807, 2.05) is 18.3 Å². The number of anilines is 1. The van der Waals surface area contributed by atoms with Crippen LogP contribution >= 0.6 is 0 Å². The molecule has 0 radical (unpaired) electrons. The lowest BCUT2D eigenvalue weighted by molar-refractivity contribution is 0.471. The fourth-order valence-electron chi connectivity index (χ4n) is 2.94. The molecule has 0 aliphatic heterocycles. The third-order valence-corrected chi connectivity index (χ3v) is 4.01. The van der Waals surface area contributed by atoms with Crippen LogP contribution in [0.15, 0.2) is 30.5 Å². The molecule has 0 atom stereocenters. The minimum Gasteiger partial charge on any atom is -0.380 e. The van der Waals surface area contributed by atoms with Crippen molar-refractivity contribution in [3.05, 3.63) is 30.5 Å². The van der Waals surface area contributed by atoms with Crippen LogP contribution in [0.5, 0.6) is 0 Å². The molecule has 1 heterocycles. The second-order valence-corrected chi connectivity index (χ2v) is 5.46. The van der Waals surface area contributed by atoms with Crippen molar-refractivity contribution in [2.45, 2.75) is 51.0 Å². The average Bonchev–Trinajstić information content (AvgIpc) is 2.42. The van der Waals surface area contributed by atoms with E-state index in [4.69, 9.17) is 0 Å². The number of nitrogens with one attached hydrogen (secondary N) is 1. The summed E-state index contributed by atoms with van der Waals surface area (Å²) >= 11 is 0. The van der Waals surface area contributed by atoms with E-state index in [2.05, 4.69) is 27.6 Å². The van der Waals surface area contributed by atoms with E-state index in [0.29, 0.717) is 6.04 Å². The van der Waals surface area contributed by atoms with Gasteiger partial charge in [-0.25, -0.2) is 0 Å². The van der Waals surface area contributed by atoms with Gasteiger partial charge in [0.15, 0.2) is 0 Å². The lowest BCUT2D eigenvalue weighted by Gasteiger charge is -2.22. The molecule has 1 aliphatic carbocycles. The molecular weight excluding hydrogens is 234 g/mol. The van der Waals surface area contributed by atoms with Crippen molar-refractivity contribution in [1.29, 1.82) is 0 Å². The first-order valence-corrected chi connectivity index (χ1v) is 7.40. The summed E-state index contributed by atoms with van der Waals surface area (Å²) in [5.41, 5.74) is 2.11. The van der Waals surface area contributed by atoms with E-state index in [-0.39, 0.29) is 0 Å². The molecule has 3 heteroatoms. The predicted molar refractivity (Wildman–Crippen MR) is 79.3 cm³/mol. The third kappa shape index (κ3) is 3.03. The van der Waals surface area contributed by atoms with Gasteiger partial charge in [0.25, 0.3) is 0 Å². The van der Waals surface area contributed by atoms with Gasteiger partial charge in [0.2, 0.25) is 0 Å². The molecular formula is C16H21N3. The van der Waals surface area contributed by atoms with Gasteiger partial charge >= 0.3 is 0 Å². The molecule has 1 aliphatic rings. The van der Waals surface area contributed by atoms with E-state index in [0.717, 1.165) is 11.2 Å². The largest absolute Gasteiger partial charge is 0.380 e. The number of fused-ring (bicyclic) bond motifs is 1. The lowest BCUT2D eigenvalue weighted by atomic mass is 9.96. The molecule has 1 fully saturated rings. The van der Waals surface area contributed by atoms with Gasteiger partial charge in [0.05, 0.1) is 17.4 Å². The van der Waals surface area contributed by atoms with Gasteiger partial charge in [-0.15, -0.1) is 0 Å². The zero-order valence-electron chi connectivity index (χ0n) is 11.3. The first kappa shape index (κ1) is 12.4. The van der Waals surface area contributed by atoms with Crippen LogP contribution in [0.25, 0.3) is 10.9 Å². The van der Waals surface area contributed by atoms with Crippen LogP contribution in [0.4, 0.5) is 5.69 Å². The highest BCUT2D eigenvalue weighted by atomic mass is 15.1. The SMILES string of the molecule is c1ccc2c(NC3CCCCCCC3)cnnc2c1. The maximum atomic E-state index is 4.18. The summed E-state index contributed by atoms with van der Waals surface area (Å²) in [5.74, 6) is 0. The van der Waals surface area contributed by atoms with Crippen molar-refractivity contribution in [2.75, 3.05) is 5.32 Å². The summed E-state index contributed by atoms with van der Waals surface area (Å²) in [4.78, 5) is 0. The number of benzene rings is 1. The summed E-state index contributed by atoms with van der Waals surface area (Å²) in [5, 5.41) is 13.2. The molecule has 0 spiro atoms. The van der Waals surface area contributed by atoms with Gasteiger partial charge in [-0.3, -0.25) is 0 Å². The molecule has 0 saturated heterocycles. The molecule has 0 bridgehead atoms. The van der Waals surface area contributed by atoms with E-state index in [9.17, 15) is 0 Å². The highest BCUT2D eigenvalue weighted by molar-refractivity contribution is 5.90. The number of aromatic nitrogens is 2. The number of hydrogen-bond acceptors (Lipinski definition) is 3. The number of nitrogens with zero attached hydrogens (tertiary/aromatic N) is 2. The third-order valence-electron chi connectivity index (χ3n) is 4.01. The first-order chi connectivity index (χ1) is 9.43. The van der Waals surface area contributed by atoms with Crippen molar-refractivity contribution in [1.82, 2.24) is 10.2 Å². The number of rotatable bonds is 2. The number of hydrogen-bond donors (Lipinski definition) is 1. The zero-order chi connectivity index (χ0) is 12.9. The Bertz CT molecular complexity index is 525. The Balaban J connectivity index is 1.80. The second kappa shape index (κ2) is 6.00. The minimum absolute atomic E-state index is 0.591. The van der Waals surface area contributed by atoms with E-state index < -0.39 is 0 Å². The van der Waals surface area contributed by atoms with Crippen LogP contribution in [0.3, 0.4) is 0 Å². The molecule has 1 aromatic carbocycles. The normalized spacial score (nSPS) is 17.9. The zero-order valence-corrected chi connectivity index (χ0v) is 11.3. The Morgan fingerprint density at radius 2 is 1.68 bits per heavy atom. The molecule has 3 rings (SSSR count). The van der Waals surface area contributed by atoms with Crippen molar-refractivity contribution < 1.29 is 0 Å². The van der Waals surface area contributed by atoms with Gasteiger partial charge < -0.3 is 5.32 Å². The molecule has 0 amide bonds. The maximum Gasteiger partial charge on any atom is 0.0950 e. The van der Waals surface area contributed by atoms with Crippen LogP contribution in [-0.4, -0.2) is 16.2 Å². The van der Waals surface area contributed by atoms with Crippen LogP contribution in [0.2, 0.25) is 0 Å². The predicted octanol–water partition coefficient (Wildman–Crippen LogP) is 4.15. The standard InChI is InChI=1S/C16H21N3/c1-2-4-8-13(9-5-3-1)18-16-12-17-19-15-11-7-6-10-14(15)16/h6-7,10-13H,1-5,8-9H2,(H,18,19). The molecule has 0 unspecified atom stereocenters. The van der Waals surface area contributed by atoms with E-state index >= 15 is 0 Å². The minimum atomic E-state index is 0.591. The second-order valence-electron chi connectivity index (χ2n) is 5.46. The van der Waals surface area contributed by atoms with Gasteiger partial charge in [0.1, 0.15) is 0 Å². The summed E-state index contributed by atoms with van der Waals surface area (Å²) in [7, 11) is 0. The van der Waals surface area contributed by atoms with Crippen LogP contribution in [-0.2, 0) is 0 Å². The summed E-state index contributed by atoms with van der Waals surface area (Å²) < 4.78 is 0. The molecule has 1 N–H and O–H groups in total. The smallest absolute Gasteiger partial charge is 0.0950 e. The first-order valence-electron chi connectivity index (χ1n) is 7.40. The summed E-state index contributed by atoms with van der Waals surface area (Å²) in [6.07, 6.45) is 11.3. The average molecular weight is 255 g/mol. The van der Waals surface area contributed by atoms with Gasteiger partial charge in [-0.05, 0) is 18.9 Å². The fraction of sp³-hybridized carbons (Fsp3) is 0.500. The molecule has 1 saturated carbocycles. The van der Waals surface area contributed by atoms with E-state index in [1.54, 1.807) is 0 Å². The highest BCUT2D eigenvalue weighted by Gasteiger charge is 2.12. The Hall–Kier alpha value is -1.64. The van der Waals surface area contributed by atoms with Gasteiger partial charge in [0, 0.05) is 11.4 Å².